The zero-order chi connectivity index (χ0) is 28.3. The number of aryl methyl sites for hydroxylation is 1. The Morgan fingerprint density at radius 2 is 1.79 bits per heavy atom. The minimum absolute atomic E-state index is 0.0507. The van der Waals surface area contributed by atoms with Gasteiger partial charge in [0.2, 0.25) is 0 Å². The number of nitrogens with zero attached hydrogens (tertiary/aromatic N) is 1. The van der Waals surface area contributed by atoms with Crippen molar-refractivity contribution in [1.29, 1.82) is 0 Å². The summed E-state index contributed by atoms with van der Waals surface area (Å²) in [6.45, 7) is 5.48. The summed E-state index contributed by atoms with van der Waals surface area (Å²) in [5, 5.41) is 11.5. The van der Waals surface area contributed by atoms with Crippen molar-refractivity contribution in [3.05, 3.63) is 93.8 Å². The van der Waals surface area contributed by atoms with Crippen molar-refractivity contribution < 1.29 is 28.6 Å². The van der Waals surface area contributed by atoms with Crippen LogP contribution < -0.4 is 0 Å². The Balaban J connectivity index is 1.60. The van der Waals surface area contributed by atoms with Crippen LogP contribution >= 0.6 is 11.6 Å². The fourth-order valence-electron chi connectivity index (χ4n) is 4.85. The predicted molar refractivity (Wildman–Crippen MR) is 148 cm³/mol. The highest BCUT2D eigenvalue weighted by atomic mass is 35.5. The van der Waals surface area contributed by atoms with E-state index in [0.717, 1.165) is 23.1 Å². The van der Waals surface area contributed by atoms with Crippen LogP contribution in [-0.2, 0) is 22.3 Å². The molecule has 1 aliphatic rings. The first-order chi connectivity index (χ1) is 18.4. The zero-order valence-electron chi connectivity index (χ0n) is 22.5. The lowest BCUT2D eigenvalue weighted by molar-refractivity contribution is 0.00195. The topological polar surface area (TPSA) is 76.1 Å². The second-order valence-electron chi connectivity index (χ2n) is 10.8. The molecule has 0 radical (unpaired) electrons. The van der Waals surface area contributed by atoms with Gasteiger partial charge in [-0.1, -0.05) is 48.0 Å². The molecule has 0 saturated heterocycles. The first kappa shape index (κ1) is 28.6. The standard InChI is InChI=1S/C31H33ClFNO5/c1-31(2,3)39-30(37)34(18-28(35)22-6-5-7-24(32)15-22)25-12-10-19-8-9-20(14-23(19)16-25)21-11-13-26(27(33)17-21)29(36)38-4/h5-9,11,13-15,17,25,28,35H,10,12,16,18H2,1-4H3. The molecule has 0 saturated carbocycles. The average Bonchev–Trinajstić information content (AvgIpc) is 2.89. The third-order valence-electron chi connectivity index (χ3n) is 6.79. The number of methoxy groups -OCH3 is 1. The summed E-state index contributed by atoms with van der Waals surface area (Å²) in [4.78, 5) is 26.7. The molecule has 3 aromatic rings. The molecule has 1 aliphatic carbocycles. The number of benzene rings is 3. The summed E-state index contributed by atoms with van der Waals surface area (Å²) >= 11 is 6.12. The maximum atomic E-state index is 14.6. The Kier molecular flexibility index (Phi) is 8.62. The molecule has 3 aromatic carbocycles. The van der Waals surface area contributed by atoms with Gasteiger partial charge in [-0.2, -0.15) is 0 Å². The lowest BCUT2D eigenvalue weighted by atomic mass is 9.85. The third kappa shape index (κ3) is 6.97. The van der Waals surface area contributed by atoms with Gasteiger partial charge in [0.05, 0.1) is 25.3 Å². The second-order valence-corrected chi connectivity index (χ2v) is 11.2. The second kappa shape index (κ2) is 11.8. The van der Waals surface area contributed by atoms with Gasteiger partial charge < -0.3 is 19.5 Å². The number of aliphatic hydroxyl groups is 1. The van der Waals surface area contributed by atoms with Crippen LogP contribution in [-0.4, -0.2) is 47.4 Å². The Labute approximate surface area is 233 Å². The molecule has 8 heteroatoms. The highest BCUT2D eigenvalue weighted by molar-refractivity contribution is 6.30. The summed E-state index contributed by atoms with van der Waals surface area (Å²) < 4.78 is 25.0. The molecule has 0 bridgehead atoms. The third-order valence-corrected chi connectivity index (χ3v) is 7.02. The van der Waals surface area contributed by atoms with Crippen LogP contribution in [0.25, 0.3) is 11.1 Å². The number of aliphatic hydroxyl groups excluding tert-OH is 1. The van der Waals surface area contributed by atoms with Crippen LogP contribution in [0.1, 0.15) is 60.3 Å². The van der Waals surface area contributed by atoms with E-state index in [4.69, 9.17) is 16.3 Å². The maximum Gasteiger partial charge on any atom is 0.410 e. The summed E-state index contributed by atoms with van der Waals surface area (Å²) in [5.41, 5.74) is 3.42. The number of rotatable bonds is 6. The number of carbonyl (C=O) groups excluding carboxylic acids is 2. The Bertz CT molecular complexity index is 1370. The highest BCUT2D eigenvalue weighted by Crippen LogP contribution is 2.32. The molecular formula is C31H33ClFNO5. The quantitative estimate of drug-likeness (QED) is 0.341. The Hall–Kier alpha value is -3.42. The van der Waals surface area contributed by atoms with E-state index in [-0.39, 0.29) is 18.2 Å². The molecule has 0 fully saturated rings. The number of amides is 1. The van der Waals surface area contributed by atoms with Gasteiger partial charge in [-0.05, 0) is 92.1 Å². The molecule has 39 heavy (non-hydrogen) atoms. The van der Waals surface area contributed by atoms with Crippen molar-refractivity contribution in [2.24, 2.45) is 0 Å². The van der Waals surface area contributed by atoms with Crippen molar-refractivity contribution in [1.82, 2.24) is 4.90 Å². The first-order valence-electron chi connectivity index (χ1n) is 12.9. The van der Waals surface area contributed by atoms with E-state index >= 15 is 0 Å². The molecule has 1 N–H and O–H groups in total. The Morgan fingerprint density at radius 3 is 2.46 bits per heavy atom. The summed E-state index contributed by atoms with van der Waals surface area (Å²) in [5.74, 6) is -1.38. The minimum atomic E-state index is -0.944. The van der Waals surface area contributed by atoms with Crippen LogP contribution in [0.15, 0.2) is 60.7 Å². The summed E-state index contributed by atoms with van der Waals surface area (Å²) in [6.07, 6.45) is 0.556. The molecule has 2 atom stereocenters. The van der Waals surface area contributed by atoms with Crippen LogP contribution in [0, 0.1) is 5.82 Å². The van der Waals surface area contributed by atoms with Crippen molar-refractivity contribution in [2.75, 3.05) is 13.7 Å². The molecule has 0 spiro atoms. The number of hydrogen-bond acceptors (Lipinski definition) is 5. The molecular weight excluding hydrogens is 521 g/mol. The molecule has 6 nitrogen and oxygen atoms in total. The minimum Gasteiger partial charge on any atom is -0.465 e. The Morgan fingerprint density at radius 1 is 1.08 bits per heavy atom. The molecule has 4 rings (SSSR count). The van der Waals surface area contributed by atoms with Crippen LogP contribution in [0.3, 0.4) is 0 Å². The van der Waals surface area contributed by atoms with E-state index in [1.54, 1.807) is 35.2 Å². The van der Waals surface area contributed by atoms with Crippen LogP contribution in [0.5, 0.6) is 0 Å². The zero-order valence-corrected chi connectivity index (χ0v) is 23.3. The van der Waals surface area contributed by atoms with E-state index < -0.39 is 29.6 Å². The number of carbonyl (C=O) groups is 2. The smallest absolute Gasteiger partial charge is 0.410 e. The van der Waals surface area contributed by atoms with Gasteiger partial charge >= 0.3 is 12.1 Å². The van der Waals surface area contributed by atoms with E-state index in [0.29, 0.717) is 29.0 Å². The molecule has 206 valence electrons. The van der Waals surface area contributed by atoms with Gasteiger partial charge in [0.1, 0.15) is 11.4 Å². The number of ether oxygens (including phenoxy) is 2. The van der Waals surface area contributed by atoms with Crippen LogP contribution in [0.4, 0.5) is 9.18 Å². The molecule has 0 aromatic heterocycles. The molecule has 2 unspecified atom stereocenters. The maximum absolute atomic E-state index is 14.6. The van der Waals surface area contributed by atoms with Gasteiger partial charge in [0.15, 0.2) is 0 Å². The predicted octanol–water partition coefficient (Wildman–Crippen LogP) is 6.76. The number of esters is 1. The normalized spacial score (nSPS) is 15.7. The summed E-state index contributed by atoms with van der Waals surface area (Å²) in [7, 11) is 1.21. The van der Waals surface area contributed by atoms with E-state index in [1.807, 2.05) is 39.0 Å². The van der Waals surface area contributed by atoms with E-state index in [9.17, 15) is 19.1 Å². The van der Waals surface area contributed by atoms with Crippen molar-refractivity contribution >= 4 is 23.7 Å². The van der Waals surface area contributed by atoms with Crippen LogP contribution in [0.2, 0.25) is 5.02 Å². The van der Waals surface area contributed by atoms with Crippen molar-refractivity contribution in [3.63, 3.8) is 0 Å². The van der Waals surface area contributed by atoms with Crippen molar-refractivity contribution in [2.45, 2.75) is 57.8 Å². The fourth-order valence-corrected chi connectivity index (χ4v) is 5.05. The lowest BCUT2D eigenvalue weighted by Gasteiger charge is -2.37. The van der Waals surface area contributed by atoms with Gasteiger partial charge in [0, 0.05) is 11.1 Å². The number of halogens is 2. The van der Waals surface area contributed by atoms with Gasteiger partial charge in [-0.25, -0.2) is 14.0 Å². The molecule has 0 aliphatic heterocycles. The SMILES string of the molecule is COC(=O)c1ccc(-c2ccc3c(c2)CC(N(CC(O)c2cccc(Cl)c2)C(=O)OC(C)(C)C)CC3)cc1F. The molecule has 1 amide bonds. The monoisotopic (exact) mass is 553 g/mol. The van der Waals surface area contributed by atoms with Gasteiger partial charge in [-0.15, -0.1) is 0 Å². The largest absolute Gasteiger partial charge is 0.465 e. The number of hydrogen-bond donors (Lipinski definition) is 1. The van der Waals surface area contributed by atoms with E-state index in [1.165, 1.54) is 19.2 Å². The summed E-state index contributed by atoms with van der Waals surface area (Å²) in [6, 6.07) is 17.1. The average molecular weight is 554 g/mol. The first-order valence-corrected chi connectivity index (χ1v) is 13.3. The van der Waals surface area contributed by atoms with Gasteiger partial charge in [0.25, 0.3) is 0 Å². The van der Waals surface area contributed by atoms with Gasteiger partial charge in [-0.3, -0.25) is 0 Å². The van der Waals surface area contributed by atoms with E-state index in [2.05, 4.69) is 4.74 Å². The number of fused-ring (bicyclic) bond motifs is 1. The highest BCUT2D eigenvalue weighted by Gasteiger charge is 2.33. The lowest BCUT2D eigenvalue weighted by Crippen LogP contribution is -2.47. The van der Waals surface area contributed by atoms with Crippen molar-refractivity contribution in [3.8, 4) is 11.1 Å². The fraction of sp³-hybridized carbons (Fsp3) is 0.355. The molecule has 0 heterocycles.